The van der Waals surface area contributed by atoms with E-state index in [1.807, 2.05) is 0 Å². The summed E-state index contributed by atoms with van der Waals surface area (Å²) in [5.41, 5.74) is 0. The van der Waals surface area contributed by atoms with Crippen molar-refractivity contribution in [2.45, 2.75) is 12.2 Å². The van der Waals surface area contributed by atoms with Crippen LogP contribution in [0.2, 0.25) is 0 Å². The van der Waals surface area contributed by atoms with Crippen LogP contribution >= 0.6 is 7.82 Å². The number of esters is 1. The maximum absolute atomic E-state index is 10.8. The molecule has 0 aromatic carbocycles. The van der Waals surface area contributed by atoms with Crippen LogP contribution in [0.4, 0.5) is 0 Å². The molecule has 5 N–H and O–H groups in total. The summed E-state index contributed by atoms with van der Waals surface area (Å²) in [7, 11) is -5.01. The number of phosphoric acid groups is 1. The molecule has 1 aliphatic rings. The minimum atomic E-state index is -5.01. The van der Waals surface area contributed by atoms with Crippen molar-refractivity contribution in [2.24, 2.45) is 0 Å². The second-order valence-electron chi connectivity index (χ2n) is 2.87. The van der Waals surface area contributed by atoms with Crippen molar-refractivity contribution in [1.29, 1.82) is 0 Å². The molecule has 11 heteroatoms. The van der Waals surface area contributed by atoms with E-state index in [1.165, 1.54) is 0 Å². The van der Waals surface area contributed by atoms with Crippen molar-refractivity contribution in [1.82, 2.24) is 0 Å². The molecule has 0 spiro atoms. The molecule has 0 fully saturated rings. The van der Waals surface area contributed by atoms with Crippen molar-refractivity contribution in [3.8, 4) is 0 Å². The highest BCUT2D eigenvalue weighted by atomic mass is 31.2. The highest BCUT2D eigenvalue weighted by Gasteiger charge is 2.43. The van der Waals surface area contributed by atoms with Crippen LogP contribution in [0, 0.1) is 0 Å². The zero-order valence-corrected chi connectivity index (χ0v) is 8.57. The lowest BCUT2D eigenvalue weighted by Gasteiger charge is -2.18. The van der Waals surface area contributed by atoms with E-state index in [-0.39, 0.29) is 23.1 Å². The highest BCUT2D eigenvalue weighted by Crippen LogP contribution is 2.42. The number of carbonyl (C=O) groups is 1. The standard InChI is InChI=1S/C6H9O9P.Mg.2H/c7-1-2(8)4-5(15-16(11,12)13)3(9)6(10)14-4;;;/h2,4,7-9H,1H2,(H2,11,12,13);;;/t2-,4+;;;/m0.../s1. The van der Waals surface area contributed by atoms with Gasteiger partial charge in [0.05, 0.1) is 6.61 Å². The Bertz CT molecular complexity index is 374. The molecule has 0 aromatic heterocycles. The maximum Gasteiger partial charge on any atom is 0.524 e. The van der Waals surface area contributed by atoms with E-state index in [9.17, 15) is 9.36 Å². The fourth-order valence-electron chi connectivity index (χ4n) is 1.03. The van der Waals surface area contributed by atoms with E-state index in [2.05, 4.69) is 9.26 Å². The van der Waals surface area contributed by atoms with Gasteiger partial charge in [-0.2, -0.15) is 0 Å². The molecule has 9 nitrogen and oxygen atoms in total. The molecule has 96 valence electrons. The van der Waals surface area contributed by atoms with Crippen molar-refractivity contribution in [2.75, 3.05) is 6.61 Å². The van der Waals surface area contributed by atoms with Gasteiger partial charge in [0.1, 0.15) is 6.10 Å². The fourth-order valence-corrected chi connectivity index (χ4v) is 1.48. The summed E-state index contributed by atoms with van der Waals surface area (Å²) in [6.45, 7) is -0.848. The Morgan fingerprint density at radius 2 is 2.00 bits per heavy atom. The first-order chi connectivity index (χ1) is 7.26. The molecular formula is C6H11MgO9P. The van der Waals surface area contributed by atoms with Crippen molar-refractivity contribution in [3.63, 3.8) is 0 Å². The van der Waals surface area contributed by atoms with Crippen LogP contribution in [-0.2, 0) is 18.6 Å². The Balaban J connectivity index is 0.00000256. The number of aliphatic hydroxyl groups is 3. The van der Waals surface area contributed by atoms with Gasteiger partial charge in [0, 0.05) is 0 Å². The van der Waals surface area contributed by atoms with Gasteiger partial charge in [0.15, 0.2) is 6.10 Å². The summed E-state index contributed by atoms with van der Waals surface area (Å²) in [6.07, 6.45) is -3.31. The Labute approximate surface area is 111 Å². The summed E-state index contributed by atoms with van der Waals surface area (Å²) in [6, 6.07) is 0. The van der Waals surface area contributed by atoms with Gasteiger partial charge in [-0.05, 0) is 0 Å². The Morgan fingerprint density at radius 1 is 1.47 bits per heavy atom. The minimum Gasteiger partial charge on any atom is -0.499 e. The fraction of sp³-hybridized carbons (Fsp3) is 0.500. The zero-order chi connectivity index (χ0) is 12.5. The van der Waals surface area contributed by atoms with E-state index in [4.69, 9.17) is 25.1 Å². The lowest BCUT2D eigenvalue weighted by atomic mass is 10.2. The monoisotopic (exact) mass is 282 g/mol. The first-order valence-electron chi connectivity index (χ1n) is 3.94. The molecule has 2 atom stereocenters. The van der Waals surface area contributed by atoms with Gasteiger partial charge in [0.2, 0.25) is 11.5 Å². The number of rotatable bonds is 4. The van der Waals surface area contributed by atoms with Gasteiger partial charge in [-0.1, -0.05) is 0 Å². The van der Waals surface area contributed by atoms with Crippen LogP contribution < -0.4 is 0 Å². The Hall–Kier alpha value is -0.354. The van der Waals surface area contributed by atoms with Crippen LogP contribution in [0.5, 0.6) is 0 Å². The molecule has 0 saturated heterocycles. The second-order valence-corrected chi connectivity index (χ2v) is 4.03. The lowest BCUT2D eigenvalue weighted by Crippen LogP contribution is -2.32. The third-order valence-electron chi connectivity index (χ3n) is 1.67. The molecular weight excluding hydrogens is 271 g/mol. The van der Waals surface area contributed by atoms with Crippen LogP contribution in [0.1, 0.15) is 0 Å². The van der Waals surface area contributed by atoms with E-state index < -0.39 is 44.1 Å². The smallest absolute Gasteiger partial charge is 0.499 e. The van der Waals surface area contributed by atoms with E-state index in [1.54, 1.807) is 0 Å². The predicted octanol–water partition coefficient (Wildman–Crippen LogP) is -2.77. The molecule has 0 amide bonds. The first kappa shape index (κ1) is 16.6. The number of cyclic esters (lactones) is 1. The molecule has 0 bridgehead atoms. The molecule has 1 rings (SSSR count). The highest BCUT2D eigenvalue weighted by molar-refractivity contribution is 7.46. The predicted molar refractivity (Wildman–Crippen MR) is 54.3 cm³/mol. The molecule has 0 radical (unpaired) electrons. The summed E-state index contributed by atoms with van der Waals surface area (Å²) in [5, 5.41) is 26.8. The van der Waals surface area contributed by atoms with Crippen molar-refractivity contribution in [3.05, 3.63) is 11.5 Å². The number of hydrogen-bond acceptors (Lipinski definition) is 7. The average molecular weight is 282 g/mol. The number of ether oxygens (including phenoxy) is 1. The molecule has 17 heavy (non-hydrogen) atoms. The number of phosphoric ester groups is 1. The summed E-state index contributed by atoms with van der Waals surface area (Å²) in [5.74, 6) is -3.36. The quantitative estimate of drug-likeness (QED) is 0.209. The molecule has 1 heterocycles. The van der Waals surface area contributed by atoms with E-state index in [0.29, 0.717) is 0 Å². The van der Waals surface area contributed by atoms with Crippen LogP contribution in [-0.4, -0.2) is 72.9 Å². The summed E-state index contributed by atoms with van der Waals surface area (Å²) >= 11 is 0. The normalized spacial score (nSPS) is 21.9. The largest absolute Gasteiger partial charge is 0.524 e. The number of aliphatic hydroxyl groups excluding tert-OH is 3. The lowest BCUT2D eigenvalue weighted by molar-refractivity contribution is -0.147. The summed E-state index contributed by atoms with van der Waals surface area (Å²) in [4.78, 5) is 27.8. The minimum absolute atomic E-state index is 0. The van der Waals surface area contributed by atoms with Gasteiger partial charge in [-0.25, -0.2) is 9.36 Å². The van der Waals surface area contributed by atoms with Crippen LogP contribution in [0.3, 0.4) is 0 Å². The van der Waals surface area contributed by atoms with E-state index in [0.717, 1.165) is 0 Å². The third-order valence-corrected chi connectivity index (χ3v) is 2.11. The molecule has 0 unspecified atom stereocenters. The number of hydrogen-bond donors (Lipinski definition) is 5. The average Bonchev–Trinajstić information content (AvgIpc) is 2.43. The van der Waals surface area contributed by atoms with Gasteiger partial charge in [-0.3, -0.25) is 9.79 Å². The Morgan fingerprint density at radius 3 is 2.41 bits per heavy atom. The SMILES string of the molecule is O=C1O[C@H]([C@@H](O)CO)C(OP(=O)(O)O)=C1O.[MgH2]. The molecule has 0 saturated carbocycles. The van der Waals surface area contributed by atoms with Crippen molar-refractivity contribution < 1.29 is 43.7 Å². The molecule has 0 aromatic rings. The topological polar surface area (TPSA) is 154 Å². The van der Waals surface area contributed by atoms with Gasteiger partial charge in [-0.15, -0.1) is 0 Å². The van der Waals surface area contributed by atoms with Crippen LogP contribution in [0.15, 0.2) is 11.5 Å². The van der Waals surface area contributed by atoms with Gasteiger partial charge in [0.25, 0.3) is 0 Å². The van der Waals surface area contributed by atoms with Gasteiger partial charge >= 0.3 is 36.8 Å². The first-order valence-corrected chi connectivity index (χ1v) is 5.47. The molecule has 1 aliphatic heterocycles. The maximum atomic E-state index is 10.8. The number of carbonyl (C=O) groups excluding carboxylic acids is 1. The van der Waals surface area contributed by atoms with E-state index >= 15 is 0 Å². The van der Waals surface area contributed by atoms with Crippen LogP contribution in [0.25, 0.3) is 0 Å². The second kappa shape index (κ2) is 6.00. The molecule has 0 aliphatic carbocycles. The Kier molecular flexibility index (Phi) is 5.88. The third kappa shape index (κ3) is 4.10. The zero-order valence-electron chi connectivity index (χ0n) is 7.68. The van der Waals surface area contributed by atoms with Crippen molar-refractivity contribution >= 4 is 36.8 Å². The summed E-state index contributed by atoms with van der Waals surface area (Å²) < 4.78 is 18.9. The van der Waals surface area contributed by atoms with Gasteiger partial charge < -0.3 is 24.6 Å².